The van der Waals surface area contributed by atoms with Gasteiger partial charge >= 0.3 is 0 Å². The molecule has 0 bridgehead atoms. The molecule has 0 amide bonds. The molecule has 0 aromatic heterocycles. The molecule has 16 heavy (non-hydrogen) atoms. The number of aliphatic hydroxyl groups is 2. The standard InChI is InChI=1S/C11H15N3O2/c12-4-3-8-5-9(1-2-11(8)13)14-6-10(16)7-15/h1-2,5,10,14-16H,3,6-7,13H2. The van der Waals surface area contributed by atoms with Gasteiger partial charge in [-0.05, 0) is 23.8 Å². The minimum absolute atomic E-state index is 0.254. The fourth-order valence-electron chi connectivity index (χ4n) is 1.25. The molecule has 0 aliphatic carbocycles. The van der Waals surface area contributed by atoms with Crippen LogP contribution in [0.2, 0.25) is 0 Å². The first-order valence-electron chi connectivity index (χ1n) is 4.95. The van der Waals surface area contributed by atoms with Crippen LogP contribution in [-0.4, -0.2) is 29.5 Å². The van der Waals surface area contributed by atoms with Crippen molar-refractivity contribution in [3.8, 4) is 6.07 Å². The Morgan fingerprint density at radius 3 is 2.88 bits per heavy atom. The van der Waals surface area contributed by atoms with Crippen LogP contribution in [0.3, 0.4) is 0 Å². The number of hydrogen-bond donors (Lipinski definition) is 4. The molecule has 0 aliphatic heterocycles. The third-order valence-corrected chi connectivity index (χ3v) is 2.17. The van der Waals surface area contributed by atoms with Crippen LogP contribution in [0.4, 0.5) is 11.4 Å². The molecular formula is C11H15N3O2. The lowest BCUT2D eigenvalue weighted by Crippen LogP contribution is -2.22. The van der Waals surface area contributed by atoms with Crippen LogP contribution >= 0.6 is 0 Å². The minimum atomic E-state index is -0.794. The molecule has 0 saturated heterocycles. The first-order valence-corrected chi connectivity index (χ1v) is 4.95. The number of nitrogens with two attached hydrogens (primary N) is 1. The van der Waals surface area contributed by atoms with Crippen LogP contribution in [0.1, 0.15) is 5.56 Å². The molecule has 5 heteroatoms. The monoisotopic (exact) mass is 221 g/mol. The van der Waals surface area contributed by atoms with E-state index < -0.39 is 6.10 Å². The maximum absolute atomic E-state index is 9.16. The van der Waals surface area contributed by atoms with E-state index in [1.165, 1.54) is 0 Å². The Kier molecular flexibility index (Phi) is 4.58. The van der Waals surface area contributed by atoms with Gasteiger partial charge in [0.1, 0.15) is 0 Å². The van der Waals surface area contributed by atoms with Crippen LogP contribution in [0, 0.1) is 11.3 Å². The molecule has 0 fully saturated rings. The molecule has 86 valence electrons. The average molecular weight is 221 g/mol. The first-order chi connectivity index (χ1) is 7.67. The molecule has 1 atom stereocenters. The summed E-state index contributed by atoms with van der Waals surface area (Å²) in [5.74, 6) is 0. The van der Waals surface area contributed by atoms with E-state index in [2.05, 4.69) is 5.32 Å². The third-order valence-electron chi connectivity index (χ3n) is 2.17. The summed E-state index contributed by atoms with van der Waals surface area (Å²) in [4.78, 5) is 0. The molecule has 0 radical (unpaired) electrons. The molecular weight excluding hydrogens is 206 g/mol. The third kappa shape index (κ3) is 3.42. The van der Waals surface area contributed by atoms with Crippen molar-refractivity contribution in [2.24, 2.45) is 0 Å². The van der Waals surface area contributed by atoms with Crippen molar-refractivity contribution in [2.45, 2.75) is 12.5 Å². The lowest BCUT2D eigenvalue weighted by atomic mass is 10.1. The highest BCUT2D eigenvalue weighted by Crippen LogP contribution is 2.18. The second kappa shape index (κ2) is 5.95. The summed E-state index contributed by atoms with van der Waals surface area (Å²) < 4.78 is 0. The van der Waals surface area contributed by atoms with Crippen molar-refractivity contribution in [1.29, 1.82) is 5.26 Å². The molecule has 5 N–H and O–H groups in total. The van der Waals surface area contributed by atoms with E-state index in [1.807, 2.05) is 6.07 Å². The van der Waals surface area contributed by atoms with Gasteiger partial charge in [-0.2, -0.15) is 5.26 Å². The normalized spacial score (nSPS) is 11.8. The van der Waals surface area contributed by atoms with E-state index in [-0.39, 0.29) is 19.6 Å². The number of hydrogen-bond acceptors (Lipinski definition) is 5. The maximum atomic E-state index is 9.16. The quantitative estimate of drug-likeness (QED) is 0.528. The van der Waals surface area contributed by atoms with Gasteiger partial charge in [-0.25, -0.2) is 0 Å². The van der Waals surface area contributed by atoms with Crippen LogP contribution in [-0.2, 0) is 6.42 Å². The predicted molar refractivity (Wildman–Crippen MR) is 61.8 cm³/mol. The highest BCUT2D eigenvalue weighted by Gasteiger charge is 2.03. The molecule has 0 aliphatic rings. The summed E-state index contributed by atoms with van der Waals surface area (Å²) in [5, 5.41) is 29.3. The molecule has 0 saturated carbocycles. The lowest BCUT2D eigenvalue weighted by Gasteiger charge is -2.11. The largest absolute Gasteiger partial charge is 0.398 e. The van der Waals surface area contributed by atoms with Gasteiger partial charge in [0.2, 0.25) is 0 Å². The van der Waals surface area contributed by atoms with Gasteiger partial charge in [-0.1, -0.05) is 0 Å². The zero-order valence-electron chi connectivity index (χ0n) is 8.85. The van der Waals surface area contributed by atoms with Crippen molar-refractivity contribution in [2.75, 3.05) is 24.2 Å². The van der Waals surface area contributed by atoms with Gasteiger partial charge < -0.3 is 21.3 Å². The van der Waals surface area contributed by atoms with E-state index in [9.17, 15) is 0 Å². The predicted octanol–water partition coefficient (Wildman–Crippen LogP) is 0.1000. The van der Waals surface area contributed by atoms with Gasteiger partial charge in [-0.15, -0.1) is 0 Å². The van der Waals surface area contributed by atoms with Crippen LogP contribution in [0.25, 0.3) is 0 Å². The number of aliphatic hydroxyl groups excluding tert-OH is 2. The Morgan fingerprint density at radius 2 is 2.25 bits per heavy atom. The SMILES string of the molecule is N#CCc1cc(NCC(O)CO)ccc1N. The minimum Gasteiger partial charge on any atom is -0.398 e. The molecule has 5 nitrogen and oxygen atoms in total. The van der Waals surface area contributed by atoms with Gasteiger partial charge in [0.05, 0.1) is 25.2 Å². The summed E-state index contributed by atoms with van der Waals surface area (Å²) in [7, 11) is 0. The van der Waals surface area contributed by atoms with Gasteiger partial charge in [0.15, 0.2) is 0 Å². The fraction of sp³-hybridized carbons (Fsp3) is 0.364. The number of nitriles is 1. The average Bonchev–Trinajstić information content (AvgIpc) is 2.30. The highest BCUT2D eigenvalue weighted by atomic mass is 16.3. The van der Waals surface area contributed by atoms with Crippen LogP contribution in [0.5, 0.6) is 0 Å². The maximum Gasteiger partial charge on any atom is 0.0942 e. The zero-order chi connectivity index (χ0) is 12.0. The summed E-state index contributed by atoms with van der Waals surface area (Å²) in [6.07, 6.45) is -0.541. The van der Waals surface area contributed by atoms with E-state index in [0.717, 1.165) is 11.3 Å². The second-order valence-corrected chi connectivity index (χ2v) is 3.47. The number of benzene rings is 1. The molecule has 1 rings (SSSR count). The topological polar surface area (TPSA) is 102 Å². The van der Waals surface area contributed by atoms with Gasteiger partial charge in [0, 0.05) is 17.9 Å². The number of anilines is 2. The van der Waals surface area contributed by atoms with Gasteiger partial charge in [0.25, 0.3) is 0 Å². The Morgan fingerprint density at radius 1 is 1.50 bits per heavy atom. The Balaban J connectivity index is 2.68. The number of nitrogens with zero attached hydrogens (tertiary/aromatic N) is 1. The van der Waals surface area contributed by atoms with Crippen molar-refractivity contribution >= 4 is 11.4 Å². The van der Waals surface area contributed by atoms with Crippen molar-refractivity contribution in [1.82, 2.24) is 0 Å². The summed E-state index contributed by atoms with van der Waals surface area (Å²) in [6, 6.07) is 7.27. The van der Waals surface area contributed by atoms with Gasteiger partial charge in [-0.3, -0.25) is 0 Å². The lowest BCUT2D eigenvalue weighted by molar-refractivity contribution is 0.105. The van der Waals surface area contributed by atoms with E-state index in [0.29, 0.717) is 5.69 Å². The Bertz CT molecular complexity index is 387. The van der Waals surface area contributed by atoms with Crippen molar-refractivity contribution in [3.05, 3.63) is 23.8 Å². The van der Waals surface area contributed by atoms with Crippen molar-refractivity contribution in [3.63, 3.8) is 0 Å². The Hall–Kier alpha value is -1.77. The molecule has 1 aromatic rings. The Labute approximate surface area is 94.1 Å². The van der Waals surface area contributed by atoms with E-state index >= 15 is 0 Å². The zero-order valence-corrected chi connectivity index (χ0v) is 8.85. The van der Waals surface area contributed by atoms with Crippen LogP contribution in [0.15, 0.2) is 18.2 Å². The molecule has 1 aromatic carbocycles. The number of nitrogen functional groups attached to an aromatic ring is 1. The first kappa shape index (κ1) is 12.3. The molecule has 1 unspecified atom stereocenters. The summed E-state index contributed by atoms with van der Waals surface area (Å²) >= 11 is 0. The highest BCUT2D eigenvalue weighted by molar-refractivity contribution is 5.58. The number of nitrogens with one attached hydrogen (secondary N) is 1. The van der Waals surface area contributed by atoms with E-state index in [4.69, 9.17) is 21.2 Å². The van der Waals surface area contributed by atoms with Crippen LogP contribution < -0.4 is 11.1 Å². The number of rotatable bonds is 5. The fourth-order valence-corrected chi connectivity index (χ4v) is 1.25. The van der Waals surface area contributed by atoms with E-state index in [1.54, 1.807) is 18.2 Å². The summed E-state index contributed by atoms with van der Waals surface area (Å²) in [5.41, 5.74) is 7.79. The smallest absolute Gasteiger partial charge is 0.0942 e. The molecule has 0 spiro atoms. The second-order valence-electron chi connectivity index (χ2n) is 3.47. The summed E-state index contributed by atoms with van der Waals surface area (Å²) in [6.45, 7) is -0.0283. The van der Waals surface area contributed by atoms with Crippen molar-refractivity contribution < 1.29 is 10.2 Å². The molecule has 0 heterocycles.